The van der Waals surface area contributed by atoms with Gasteiger partial charge < -0.3 is 10.6 Å². The minimum atomic E-state index is -0.702. The average Bonchev–Trinajstić information content (AvgIpc) is 2.58. The second-order valence-corrected chi connectivity index (χ2v) is 8.30. The second-order valence-electron chi connectivity index (χ2n) is 5.85. The Morgan fingerprint density at radius 2 is 2.26 bits per heavy atom. The zero-order chi connectivity index (χ0) is 16.7. The topological polar surface area (TPSA) is 53.5 Å². The van der Waals surface area contributed by atoms with Crippen molar-refractivity contribution >= 4 is 28.4 Å². The van der Waals surface area contributed by atoms with Crippen LogP contribution >= 0.6 is 11.6 Å². The summed E-state index contributed by atoms with van der Waals surface area (Å²) in [6.07, 6.45) is 4.26. The van der Waals surface area contributed by atoms with E-state index in [1.54, 1.807) is 7.05 Å². The van der Waals surface area contributed by atoms with Gasteiger partial charge in [-0.3, -0.25) is 9.20 Å². The molecule has 128 valence electrons. The maximum absolute atomic E-state index is 12.0. The first kappa shape index (κ1) is 18.3. The van der Waals surface area contributed by atoms with E-state index in [9.17, 15) is 4.21 Å². The Kier molecular flexibility index (Phi) is 7.37. The van der Waals surface area contributed by atoms with Crippen LogP contribution in [-0.4, -0.2) is 34.3 Å². The molecule has 1 aliphatic rings. The van der Waals surface area contributed by atoms with Gasteiger partial charge in [0.15, 0.2) is 5.96 Å². The highest BCUT2D eigenvalue weighted by molar-refractivity contribution is 7.85. The SMILES string of the molecule is CCS(=O)C1CCCC(NC(=NC)NCc2cccc(Cl)c2)C1. The van der Waals surface area contributed by atoms with E-state index in [-0.39, 0.29) is 0 Å². The molecule has 0 heterocycles. The molecule has 2 N–H and O–H groups in total. The van der Waals surface area contributed by atoms with E-state index in [1.807, 2.05) is 31.2 Å². The third kappa shape index (κ3) is 5.81. The van der Waals surface area contributed by atoms with Crippen molar-refractivity contribution in [3.05, 3.63) is 34.9 Å². The predicted molar refractivity (Wildman–Crippen MR) is 99.5 cm³/mol. The number of aliphatic imine (C=N–C) groups is 1. The van der Waals surface area contributed by atoms with E-state index in [2.05, 4.69) is 15.6 Å². The van der Waals surface area contributed by atoms with Crippen LogP contribution in [0.3, 0.4) is 0 Å². The van der Waals surface area contributed by atoms with Crippen molar-refractivity contribution in [2.45, 2.75) is 50.4 Å². The highest BCUT2D eigenvalue weighted by atomic mass is 35.5. The van der Waals surface area contributed by atoms with Gasteiger partial charge in [0.2, 0.25) is 0 Å². The Bertz CT molecular complexity index is 565. The molecule has 0 amide bonds. The van der Waals surface area contributed by atoms with Crippen molar-refractivity contribution in [3.63, 3.8) is 0 Å². The van der Waals surface area contributed by atoms with Gasteiger partial charge >= 0.3 is 0 Å². The summed E-state index contributed by atoms with van der Waals surface area (Å²) in [7, 11) is 1.07. The lowest BCUT2D eigenvalue weighted by Crippen LogP contribution is -2.46. The Labute approximate surface area is 146 Å². The van der Waals surface area contributed by atoms with Gasteiger partial charge in [-0.1, -0.05) is 37.1 Å². The summed E-state index contributed by atoms with van der Waals surface area (Å²) in [5.41, 5.74) is 1.12. The first-order valence-corrected chi connectivity index (χ1v) is 9.97. The Hall–Kier alpha value is -1.07. The van der Waals surface area contributed by atoms with Crippen LogP contribution in [-0.2, 0) is 17.3 Å². The number of nitrogens with one attached hydrogen (secondary N) is 2. The molecule has 1 saturated carbocycles. The minimum Gasteiger partial charge on any atom is -0.354 e. The van der Waals surface area contributed by atoms with Crippen LogP contribution in [0.1, 0.15) is 38.2 Å². The van der Waals surface area contributed by atoms with Gasteiger partial charge in [0.1, 0.15) is 0 Å². The monoisotopic (exact) mass is 355 g/mol. The first-order valence-electron chi connectivity index (χ1n) is 8.21. The summed E-state index contributed by atoms with van der Waals surface area (Å²) in [5.74, 6) is 1.54. The van der Waals surface area contributed by atoms with Gasteiger partial charge in [0, 0.05) is 46.5 Å². The maximum atomic E-state index is 12.0. The van der Waals surface area contributed by atoms with E-state index in [4.69, 9.17) is 11.6 Å². The summed E-state index contributed by atoms with van der Waals surface area (Å²) in [4.78, 5) is 4.30. The molecule has 4 nitrogen and oxygen atoms in total. The van der Waals surface area contributed by atoms with Crippen molar-refractivity contribution in [2.24, 2.45) is 4.99 Å². The molecule has 1 aromatic carbocycles. The second kappa shape index (κ2) is 9.28. The average molecular weight is 356 g/mol. The molecule has 3 atom stereocenters. The van der Waals surface area contributed by atoms with Crippen molar-refractivity contribution < 1.29 is 4.21 Å². The molecule has 0 bridgehead atoms. The molecule has 23 heavy (non-hydrogen) atoms. The number of guanidine groups is 1. The van der Waals surface area contributed by atoms with E-state index < -0.39 is 10.8 Å². The Morgan fingerprint density at radius 3 is 2.96 bits per heavy atom. The third-order valence-corrected chi connectivity index (χ3v) is 6.17. The number of benzene rings is 1. The summed E-state index contributed by atoms with van der Waals surface area (Å²) in [6, 6.07) is 8.14. The summed E-state index contributed by atoms with van der Waals surface area (Å²) >= 11 is 6.01. The molecule has 0 radical (unpaired) electrons. The smallest absolute Gasteiger partial charge is 0.191 e. The molecule has 3 unspecified atom stereocenters. The fourth-order valence-corrected chi connectivity index (χ4v) is 4.53. The van der Waals surface area contributed by atoms with E-state index in [0.29, 0.717) is 17.8 Å². The number of halogens is 1. The molecule has 2 rings (SSSR count). The van der Waals surface area contributed by atoms with E-state index >= 15 is 0 Å². The summed E-state index contributed by atoms with van der Waals surface area (Å²) < 4.78 is 12.0. The number of nitrogens with zero attached hydrogens (tertiary/aromatic N) is 1. The first-order chi connectivity index (χ1) is 11.1. The van der Waals surface area contributed by atoms with Crippen LogP contribution in [0.5, 0.6) is 0 Å². The molecule has 6 heteroatoms. The van der Waals surface area contributed by atoms with Gasteiger partial charge in [-0.05, 0) is 37.0 Å². The van der Waals surface area contributed by atoms with Crippen LogP contribution in [0.2, 0.25) is 5.02 Å². The molecule has 0 spiro atoms. The lowest BCUT2D eigenvalue weighted by molar-refractivity contribution is 0.413. The number of rotatable bonds is 5. The Morgan fingerprint density at radius 1 is 1.43 bits per heavy atom. The molecule has 1 fully saturated rings. The van der Waals surface area contributed by atoms with Gasteiger partial charge in [-0.2, -0.15) is 0 Å². The highest BCUT2D eigenvalue weighted by Gasteiger charge is 2.25. The van der Waals surface area contributed by atoms with Crippen molar-refractivity contribution in [1.29, 1.82) is 0 Å². The van der Waals surface area contributed by atoms with Gasteiger partial charge in [0.05, 0.1) is 0 Å². The zero-order valence-electron chi connectivity index (χ0n) is 13.8. The van der Waals surface area contributed by atoms with Crippen molar-refractivity contribution in [1.82, 2.24) is 10.6 Å². The largest absolute Gasteiger partial charge is 0.354 e. The normalized spacial score (nSPS) is 23.3. The maximum Gasteiger partial charge on any atom is 0.191 e. The summed E-state index contributed by atoms with van der Waals surface area (Å²) in [5, 5.41) is 7.85. The zero-order valence-corrected chi connectivity index (χ0v) is 15.4. The van der Waals surface area contributed by atoms with Gasteiger partial charge in [-0.25, -0.2) is 0 Å². The van der Waals surface area contributed by atoms with Crippen molar-refractivity contribution in [3.8, 4) is 0 Å². The molecule has 1 aliphatic carbocycles. The lowest BCUT2D eigenvalue weighted by Gasteiger charge is -2.30. The molecule has 0 saturated heterocycles. The Balaban J connectivity index is 1.85. The van der Waals surface area contributed by atoms with Gasteiger partial charge in [-0.15, -0.1) is 0 Å². The highest BCUT2D eigenvalue weighted by Crippen LogP contribution is 2.23. The lowest BCUT2D eigenvalue weighted by atomic mass is 9.95. The van der Waals surface area contributed by atoms with Crippen LogP contribution < -0.4 is 10.6 Å². The minimum absolute atomic E-state index is 0.317. The van der Waals surface area contributed by atoms with Crippen LogP contribution in [0.25, 0.3) is 0 Å². The van der Waals surface area contributed by atoms with Crippen molar-refractivity contribution in [2.75, 3.05) is 12.8 Å². The van der Waals surface area contributed by atoms with Crippen LogP contribution in [0, 0.1) is 0 Å². The third-order valence-electron chi connectivity index (χ3n) is 4.20. The quantitative estimate of drug-likeness (QED) is 0.630. The fourth-order valence-electron chi connectivity index (χ4n) is 2.97. The van der Waals surface area contributed by atoms with E-state index in [1.165, 1.54) is 0 Å². The van der Waals surface area contributed by atoms with Gasteiger partial charge in [0.25, 0.3) is 0 Å². The molecule has 0 aliphatic heterocycles. The molecular formula is C17H26ClN3OS. The molecule has 0 aromatic heterocycles. The molecular weight excluding hydrogens is 330 g/mol. The number of hydrogen-bond acceptors (Lipinski definition) is 2. The van der Waals surface area contributed by atoms with Crippen LogP contribution in [0.15, 0.2) is 29.3 Å². The standard InChI is InChI=1S/C17H26ClN3OS/c1-3-23(22)16-9-5-8-15(11-16)21-17(19-2)20-12-13-6-4-7-14(18)10-13/h4,6-7,10,15-16H,3,5,8-9,11-12H2,1-2H3,(H2,19,20,21). The van der Waals surface area contributed by atoms with E-state index in [0.717, 1.165) is 48.0 Å². The fraction of sp³-hybridized carbons (Fsp3) is 0.588. The summed E-state index contributed by atoms with van der Waals surface area (Å²) in [6.45, 7) is 2.68. The van der Waals surface area contributed by atoms with Crippen LogP contribution in [0.4, 0.5) is 0 Å². The predicted octanol–water partition coefficient (Wildman–Crippen LogP) is 3.08. The molecule has 1 aromatic rings. The number of hydrogen-bond donors (Lipinski definition) is 2.